The van der Waals surface area contributed by atoms with Crippen LogP contribution in [0.4, 0.5) is 0 Å². The smallest absolute Gasteiger partial charge is 0.254 e. The van der Waals surface area contributed by atoms with E-state index in [1.807, 2.05) is 24.3 Å². The van der Waals surface area contributed by atoms with Crippen LogP contribution in [0.2, 0.25) is 0 Å². The molecule has 11 heteroatoms. The fourth-order valence-electron chi connectivity index (χ4n) is 8.36. The number of hydrogen-bond donors (Lipinski definition) is 1. The van der Waals surface area contributed by atoms with Gasteiger partial charge < -0.3 is 5.11 Å². The highest BCUT2D eigenvalue weighted by Gasteiger charge is 2.76. The summed E-state index contributed by atoms with van der Waals surface area (Å²) >= 11 is 17.8. The van der Waals surface area contributed by atoms with Crippen molar-refractivity contribution in [3.63, 3.8) is 0 Å². The first-order valence-electron chi connectivity index (χ1n) is 15.0. The van der Waals surface area contributed by atoms with E-state index in [0.29, 0.717) is 24.8 Å². The van der Waals surface area contributed by atoms with Gasteiger partial charge in [-0.2, -0.15) is 0 Å². The van der Waals surface area contributed by atoms with Gasteiger partial charge in [-0.05, 0) is 54.9 Å². The van der Waals surface area contributed by atoms with Crippen molar-refractivity contribution in [1.29, 1.82) is 0 Å². The van der Waals surface area contributed by atoms with Crippen LogP contribution in [0.5, 0.6) is 5.75 Å². The minimum absolute atomic E-state index is 0.0317. The molecule has 0 aromatic heterocycles. The highest BCUT2D eigenvalue weighted by molar-refractivity contribution is 9.09. The quantitative estimate of drug-likeness (QED) is 0.209. The number of rotatable bonds is 5. The molecular formula is C33H32BrCl2N3O5. The Morgan fingerprint density at radius 1 is 0.886 bits per heavy atom. The molecule has 2 aliphatic carbocycles. The first kappa shape index (κ1) is 30.0. The largest absolute Gasteiger partial charge is 0.508 e. The van der Waals surface area contributed by atoms with Crippen molar-refractivity contribution in [3.8, 4) is 5.75 Å². The SMILES string of the molecule is O=C1C2CC=C3C(CC4(Cl)C(=O)N(CBr)C(=O)C4(Cl)C3c3ccc(O)cc3)C2C(=O)N1C1CCN(Cc2ccccc2)CC1. The second-order valence-electron chi connectivity index (χ2n) is 12.6. The van der Waals surface area contributed by atoms with E-state index in [1.54, 1.807) is 12.1 Å². The molecule has 5 aliphatic rings. The summed E-state index contributed by atoms with van der Waals surface area (Å²) in [5, 5.41) is 9.99. The molecule has 4 amide bonds. The summed E-state index contributed by atoms with van der Waals surface area (Å²) in [5.74, 6) is -4.20. The van der Waals surface area contributed by atoms with E-state index in [4.69, 9.17) is 23.2 Å². The van der Waals surface area contributed by atoms with Crippen molar-refractivity contribution in [2.75, 3.05) is 18.5 Å². The van der Waals surface area contributed by atoms with Crippen LogP contribution < -0.4 is 0 Å². The monoisotopic (exact) mass is 699 g/mol. The number of phenolic OH excluding ortho intramolecular Hbond substituents is 1. The zero-order valence-corrected chi connectivity index (χ0v) is 27.0. The van der Waals surface area contributed by atoms with Crippen LogP contribution in [0.3, 0.4) is 0 Å². The number of nitrogens with zero attached hydrogens (tertiary/aromatic N) is 3. The van der Waals surface area contributed by atoms with Gasteiger partial charge in [-0.15, -0.1) is 23.2 Å². The molecule has 230 valence electrons. The molecule has 1 saturated carbocycles. The van der Waals surface area contributed by atoms with Crippen LogP contribution in [0.15, 0.2) is 66.2 Å². The molecule has 3 heterocycles. The maximum Gasteiger partial charge on any atom is 0.254 e. The van der Waals surface area contributed by atoms with Crippen LogP contribution in [-0.2, 0) is 25.7 Å². The molecule has 2 aromatic carbocycles. The third-order valence-corrected chi connectivity index (χ3v) is 12.4. The molecule has 6 unspecified atom stereocenters. The van der Waals surface area contributed by atoms with Crippen LogP contribution in [0, 0.1) is 17.8 Å². The standard InChI is InChI=1S/C33H32BrCl2N3O5/c34-18-38-30(43)32(35)16-25-23(27(33(32,36)31(38)44)20-6-8-22(40)9-7-20)10-11-24-26(25)29(42)39(28(24)41)21-12-14-37(15-13-21)17-19-4-2-1-3-5-19/h1-10,21,24-27,40H,11-18H2. The maximum atomic E-state index is 14.3. The maximum absolute atomic E-state index is 14.3. The topological polar surface area (TPSA) is 98.2 Å². The van der Waals surface area contributed by atoms with Gasteiger partial charge in [-0.1, -0.05) is 70.0 Å². The average Bonchev–Trinajstić information content (AvgIpc) is 3.36. The number of piperidine rings is 1. The summed E-state index contributed by atoms with van der Waals surface area (Å²) in [6.45, 7) is 2.38. The first-order chi connectivity index (χ1) is 21.1. The molecule has 3 aliphatic heterocycles. The number of amides is 4. The first-order valence-corrected chi connectivity index (χ1v) is 16.9. The zero-order chi connectivity index (χ0) is 31.0. The molecule has 0 spiro atoms. The van der Waals surface area contributed by atoms with Crippen LogP contribution >= 0.6 is 39.1 Å². The van der Waals surface area contributed by atoms with Gasteiger partial charge in [0.05, 0.1) is 17.3 Å². The number of phenols is 1. The average molecular weight is 701 g/mol. The number of fused-ring (bicyclic) bond motifs is 4. The number of likely N-dealkylation sites (tertiary alicyclic amines) is 3. The number of carbonyl (C=O) groups excluding carboxylic acids is 4. The Morgan fingerprint density at radius 3 is 2.23 bits per heavy atom. The van der Waals surface area contributed by atoms with E-state index in [0.717, 1.165) is 30.1 Å². The van der Waals surface area contributed by atoms with Crippen molar-refractivity contribution in [2.24, 2.45) is 17.8 Å². The normalized spacial score (nSPS) is 34.2. The lowest BCUT2D eigenvalue weighted by molar-refractivity contribution is -0.144. The van der Waals surface area contributed by atoms with Gasteiger partial charge in [0.25, 0.3) is 11.8 Å². The third-order valence-electron chi connectivity index (χ3n) is 10.4. The Balaban J connectivity index is 1.20. The molecule has 1 N–H and O–H groups in total. The molecule has 3 saturated heterocycles. The number of benzene rings is 2. The molecular weight excluding hydrogens is 669 g/mol. The molecule has 0 bridgehead atoms. The molecule has 2 aromatic rings. The van der Waals surface area contributed by atoms with Gasteiger partial charge in [-0.3, -0.25) is 33.9 Å². The molecule has 6 atom stereocenters. The summed E-state index contributed by atoms with van der Waals surface area (Å²) in [7, 11) is 0. The van der Waals surface area contributed by atoms with Crippen molar-refractivity contribution in [1.82, 2.24) is 14.7 Å². The number of imide groups is 2. The van der Waals surface area contributed by atoms with Crippen molar-refractivity contribution >= 4 is 62.8 Å². The highest BCUT2D eigenvalue weighted by atomic mass is 79.9. The van der Waals surface area contributed by atoms with Gasteiger partial charge in [0.2, 0.25) is 11.8 Å². The van der Waals surface area contributed by atoms with E-state index >= 15 is 0 Å². The minimum Gasteiger partial charge on any atom is -0.508 e. The summed E-state index contributed by atoms with van der Waals surface area (Å²) in [5.41, 5.74) is 2.52. The van der Waals surface area contributed by atoms with E-state index in [9.17, 15) is 24.3 Å². The minimum atomic E-state index is -1.84. The predicted molar refractivity (Wildman–Crippen MR) is 168 cm³/mol. The highest BCUT2D eigenvalue weighted by Crippen LogP contribution is 2.65. The van der Waals surface area contributed by atoms with Crippen molar-refractivity contribution < 1.29 is 24.3 Å². The lowest BCUT2D eigenvalue weighted by Crippen LogP contribution is -2.60. The number of aromatic hydroxyl groups is 1. The van der Waals surface area contributed by atoms with E-state index < -0.39 is 45.2 Å². The third kappa shape index (κ3) is 4.26. The summed E-state index contributed by atoms with van der Waals surface area (Å²) in [6, 6.07) is 16.4. The molecule has 8 nitrogen and oxygen atoms in total. The zero-order valence-electron chi connectivity index (χ0n) is 23.9. The summed E-state index contributed by atoms with van der Waals surface area (Å²) < 4.78 is 0. The Kier molecular flexibility index (Phi) is 7.47. The Hall–Kier alpha value is -2.72. The molecule has 7 rings (SSSR count). The lowest BCUT2D eigenvalue weighted by atomic mass is 9.56. The Morgan fingerprint density at radius 2 is 1.57 bits per heavy atom. The number of allylic oxidation sites excluding steroid dienone is 2. The van der Waals surface area contributed by atoms with Gasteiger partial charge in [0.1, 0.15) is 5.75 Å². The number of hydrogen-bond acceptors (Lipinski definition) is 6. The van der Waals surface area contributed by atoms with Crippen LogP contribution in [0.25, 0.3) is 0 Å². The van der Waals surface area contributed by atoms with Gasteiger partial charge in [0, 0.05) is 31.6 Å². The fourth-order valence-corrected chi connectivity index (χ4v) is 9.78. The number of halogens is 3. The number of carbonyl (C=O) groups is 4. The van der Waals surface area contributed by atoms with Crippen LogP contribution in [-0.4, -0.2) is 77.8 Å². The number of alkyl halides is 3. The van der Waals surface area contributed by atoms with E-state index in [2.05, 4.69) is 33.0 Å². The fraction of sp³-hybridized carbons (Fsp3) is 0.455. The Labute approximate surface area is 274 Å². The van der Waals surface area contributed by atoms with Gasteiger partial charge in [-0.25, -0.2) is 0 Å². The molecule has 0 radical (unpaired) electrons. The summed E-state index contributed by atoms with van der Waals surface area (Å²) in [4.78, 5) is 57.0. The van der Waals surface area contributed by atoms with Crippen molar-refractivity contribution in [3.05, 3.63) is 77.4 Å². The Bertz CT molecular complexity index is 1560. The summed E-state index contributed by atoms with van der Waals surface area (Å²) in [6.07, 6.45) is 3.64. The van der Waals surface area contributed by atoms with E-state index in [-0.39, 0.29) is 35.5 Å². The van der Waals surface area contributed by atoms with Gasteiger partial charge in [0.15, 0.2) is 9.75 Å². The molecule has 4 fully saturated rings. The van der Waals surface area contributed by atoms with Gasteiger partial charge >= 0.3 is 0 Å². The molecule has 44 heavy (non-hydrogen) atoms. The van der Waals surface area contributed by atoms with Crippen LogP contribution in [0.1, 0.15) is 42.7 Å². The lowest BCUT2D eigenvalue weighted by Gasteiger charge is -2.50. The second-order valence-corrected chi connectivity index (χ2v) is 14.4. The van der Waals surface area contributed by atoms with E-state index in [1.165, 1.54) is 22.6 Å². The second kappa shape index (κ2) is 11.0. The predicted octanol–water partition coefficient (Wildman–Crippen LogP) is 4.77. The van der Waals surface area contributed by atoms with Crippen molar-refractivity contribution in [2.45, 2.75) is 53.9 Å².